The van der Waals surface area contributed by atoms with Crippen LogP contribution in [-0.4, -0.2) is 21.8 Å². The van der Waals surface area contributed by atoms with Crippen molar-refractivity contribution in [3.8, 4) is 0 Å². The number of hydrogen-bond acceptors (Lipinski definition) is 3. The Morgan fingerprint density at radius 1 is 1.50 bits per heavy atom. The standard InChI is InChI=1S/C11H14N2O3/c1-2-6-5-7(10-9(6)16-10)13-4-3-8(14)12-11(13)15/h3-4,6-7,9-10H,2,5H2,1H3,(H,12,14,15)/t6-,7+,9+,10?/m0/s1. The summed E-state index contributed by atoms with van der Waals surface area (Å²) in [6.07, 6.45) is 4.12. The molecule has 1 saturated heterocycles. The van der Waals surface area contributed by atoms with E-state index >= 15 is 0 Å². The molecule has 0 spiro atoms. The van der Waals surface area contributed by atoms with Crippen LogP contribution < -0.4 is 11.2 Å². The molecule has 0 radical (unpaired) electrons. The van der Waals surface area contributed by atoms with Crippen molar-refractivity contribution in [3.63, 3.8) is 0 Å². The van der Waals surface area contributed by atoms with E-state index in [0.29, 0.717) is 12.0 Å². The SMILES string of the molecule is CC[C@H]1C[C@@H](n2ccc(=O)[nH]c2=O)C2O[C@@H]21. The molecule has 0 amide bonds. The van der Waals surface area contributed by atoms with Crippen molar-refractivity contribution in [2.75, 3.05) is 0 Å². The Bertz CT molecular complexity index is 518. The molecular formula is C11H14N2O3. The number of nitrogens with one attached hydrogen (secondary N) is 1. The predicted molar refractivity (Wildman–Crippen MR) is 57.4 cm³/mol. The molecule has 2 heterocycles. The highest BCUT2D eigenvalue weighted by Crippen LogP contribution is 2.50. The highest BCUT2D eigenvalue weighted by atomic mass is 16.6. The van der Waals surface area contributed by atoms with E-state index < -0.39 is 0 Å². The van der Waals surface area contributed by atoms with Gasteiger partial charge < -0.3 is 4.74 Å². The highest BCUT2D eigenvalue weighted by Gasteiger charge is 2.56. The third-order valence-electron chi connectivity index (χ3n) is 3.68. The number of aromatic amines is 1. The molecular weight excluding hydrogens is 208 g/mol. The molecule has 86 valence electrons. The first-order chi connectivity index (χ1) is 7.70. The lowest BCUT2D eigenvalue weighted by Gasteiger charge is -2.16. The van der Waals surface area contributed by atoms with Gasteiger partial charge >= 0.3 is 5.69 Å². The Morgan fingerprint density at radius 3 is 2.94 bits per heavy atom. The zero-order valence-corrected chi connectivity index (χ0v) is 9.05. The van der Waals surface area contributed by atoms with Crippen LogP contribution in [-0.2, 0) is 4.74 Å². The van der Waals surface area contributed by atoms with Gasteiger partial charge in [-0.3, -0.25) is 14.3 Å². The van der Waals surface area contributed by atoms with Gasteiger partial charge in [0, 0.05) is 12.3 Å². The maximum atomic E-state index is 11.6. The van der Waals surface area contributed by atoms with Gasteiger partial charge in [-0.25, -0.2) is 4.79 Å². The van der Waals surface area contributed by atoms with E-state index in [4.69, 9.17) is 4.74 Å². The third-order valence-corrected chi connectivity index (χ3v) is 3.68. The van der Waals surface area contributed by atoms with Gasteiger partial charge in [-0.15, -0.1) is 0 Å². The van der Waals surface area contributed by atoms with Crippen molar-refractivity contribution in [2.24, 2.45) is 5.92 Å². The van der Waals surface area contributed by atoms with Crippen LogP contribution in [0.1, 0.15) is 25.8 Å². The van der Waals surface area contributed by atoms with Crippen LogP contribution >= 0.6 is 0 Å². The monoisotopic (exact) mass is 222 g/mol. The molecule has 4 atom stereocenters. The fourth-order valence-corrected chi connectivity index (χ4v) is 2.76. The summed E-state index contributed by atoms with van der Waals surface area (Å²) in [5.41, 5.74) is -0.678. The number of epoxide rings is 1. The van der Waals surface area contributed by atoms with Crippen molar-refractivity contribution >= 4 is 0 Å². The maximum absolute atomic E-state index is 11.6. The minimum atomic E-state index is -0.348. The summed E-state index contributed by atoms with van der Waals surface area (Å²) < 4.78 is 7.16. The van der Waals surface area contributed by atoms with E-state index in [1.54, 1.807) is 10.8 Å². The molecule has 0 aromatic carbocycles. The molecule has 1 saturated carbocycles. The molecule has 1 aromatic rings. The first-order valence-electron chi connectivity index (χ1n) is 5.67. The lowest BCUT2D eigenvalue weighted by Crippen LogP contribution is -2.32. The minimum absolute atomic E-state index is 0.0966. The van der Waals surface area contributed by atoms with Crippen LogP contribution in [0.25, 0.3) is 0 Å². The first-order valence-corrected chi connectivity index (χ1v) is 5.67. The van der Waals surface area contributed by atoms with E-state index in [1.165, 1.54) is 6.07 Å². The van der Waals surface area contributed by atoms with Crippen LogP contribution in [0, 0.1) is 5.92 Å². The summed E-state index contributed by atoms with van der Waals surface area (Å²) in [4.78, 5) is 24.9. The van der Waals surface area contributed by atoms with Crippen molar-refractivity contribution in [3.05, 3.63) is 33.1 Å². The number of aromatic nitrogens is 2. The Kier molecular flexibility index (Phi) is 2.04. The molecule has 16 heavy (non-hydrogen) atoms. The van der Waals surface area contributed by atoms with Gasteiger partial charge in [-0.05, 0) is 12.3 Å². The van der Waals surface area contributed by atoms with Gasteiger partial charge in [0.15, 0.2) is 0 Å². The first kappa shape index (κ1) is 9.84. The molecule has 2 aliphatic rings. The Morgan fingerprint density at radius 2 is 2.31 bits per heavy atom. The largest absolute Gasteiger partial charge is 0.367 e. The van der Waals surface area contributed by atoms with E-state index in [1.807, 2.05) is 0 Å². The maximum Gasteiger partial charge on any atom is 0.328 e. The van der Waals surface area contributed by atoms with Crippen LogP contribution in [0.4, 0.5) is 0 Å². The zero-order chi connectivity index (χ0) is 11.3. The molecule has 2 fully saturated rings. The molecule has 1 aliphatic heterocycles. The Labute approximate surface area is 92.1 Å². The van der Waals surface area contributed by atoms with Crippen molar-refractivity contribution in [1.29, 1.82) is 0 Å². The van der Waals surface area contributed by atoms with E-state index in [2.05, 4.69) is 11.9 Å². The van der Waals surface area contributed by atoms with Crippen LogP contribution in [0.2, 0.25) is 0 Å². The second-order valence-corrected chi connectivity index (χ2v) is 4.55. The average Bonchev–Trinajstić information content (AvgIpc) is 2.96. The second kappa shape index (κ2) is 3.31. The molecule has 1 aliphatic carbocycles. The van der Waals surface area contributed by atoms with Gasteiger partial charge in [-0.1, -0.05) is 13.3 Å². The van der Waals surface area contributed by atoms with E-state index in [-0.39, 0.29) is 23.4 Å². The van der Waals surface area contributed by atoms with Crippen LogP contribution in [0.15, 0.2) is 21.9 Å². The number of rotatable bonds is 2. The van der Waals surface area contributed by atoms with Gasteiger partial charge in [0.1, 0.15) is 6.10 Å². The normalized spacial score (nSPS) is 36.1. The number of fused-ring (bicyclic) bond motifs is 1. The number of ether oxygens (including phenoxy) is 1. The molecule has 5 nitrogen and oxygen atoms in total. The second-order valence-electron chi connectivity index (χ2n) is 4.55. The fourth-order valence-electron chi connectivity index (χ4n) is 2.76. The summed E-state index contributed by atoms with van der Waals surface area (Å²) in [5, 5.41) is 0. The summed E-state index contributed by atoms with van der Waals surface area (Å²) >= 11 is 0. The fraction of sp³-hybridized carbons (Fsp3) is 0.636. The lowest BCUT2D eigenvalue weighted by molar-refractivity contribution is 0.213. The number of H-pyrrole nitrogens is 1. The van der Waals surface area contributed by atoms with Gasteiger partial charge in [0.05, 0.1) is 12.1 Å². The van der Waals surface area contributed by atoms with Crippen molar-refractivity contribution < 1.29 is 4.74 Å². The summed E-state index contributed by atoms with van der Waals surface area (Å²) in [5.74, 6) is 0.550. The summed E-state index contributed by atoms with van der Waals surface area (Å²) in [6.45, 7) is 2.14. The Hall–Kier alpha value is -1.36. The quantitative estimate of drug-likeness (QED) is 0.730. The van der Waals surface area contributed by atoms with Gasteiger partial charge in [-0.2, -0.15) is 0 Å². The zero-order valence-electron chi connectivity index (χ0n) is 9.05. The summed E-state index contributed by atoms with van der Waals surface area (Å²) in [7, 11) is 0. The topological polar surface area (TPSA) is 67.4 Å². The Balaban J connectivity index is 1.94. The predicted octanol–water partition coefficient (Wildman–Crippen LogP) is 0.275. The molecule has 1 N–H and O–H groups in total. The molecule has 1 unspecified atom stereocenters. The summed E-state index contributed by atoms with van der Waals surface area (Å²) in [6, 6.07) is 1.48. The highest BCUT2D eigenvalue weighted by molar-refractivity contribution is 5.06. The number of hydrogen-bond donors (Lipinski definition) is 1. The molecule has 1 aromatic heterocycles. The average molecular weight is 222 g/mol. The van der Waals surface area contributed by atoms with Crippen molar-refractivity contribution in [2.45, 2.75) is 38.0 Å². The number of nitrogens with zero attached hydrogens (tertiary/aromatic N) is 1. The minimum Gasteiger partial charge on any atom is -0.367 e. The van der Waals surface area contributed by atoms with Gasteiger partial charge in [0.25, 0.3) is 5.56 Å². The lowest BCUT2D eigenvalue weighted by atomic mass is 10.0. The van der Waals surface area contributed by atoms with Crippen LogP contribution in [0.3, 0.4) is 0 Å². The van der Waals surface area contributed by atoms with Crippen LogP contribution in [0.5, 0.6) is 0 Å². The third kappa shape index (κ3) is 1.35. The van der Waals surface area contributed by atoms with Gasteiger partial charge in [0.2, 0.25) is 0 Å². The molecule has 3 rings (SSSR count). The molecule has 5 heteroatoms. The van der Waals surface area contributed by atoms with Crippen molar-refractivity contribution in [1.82, 2.24) is 9.55 Å². The smallest absolute Gasteiger partial charge is 0.328 e. The van der Waals surface area contributed by atoms with E-state index in [0.717, 1.165) is 12.8 Å². The van der Waals surface area contributed by atoms with E-state index in [9.17, 15) is 9.59 Å². The molecule has 0 bridgehead atoms.